The molecule has 0 aromatic carbocycles. The third kappa shape index (κ3) is 21.3. The Bertz CT molecular complexity index is 396. The average Bonchev–Trinajstić information content (AvgIpc) is 2.58. The van der Waals surface area contributed by atoms with Crippen molar-refractivity contribution in [3.8, 4) is 0 Å². The first-order chi connectivity index (χ1) is 11.9. The van der Waals surface area contributed by atoms with Crippen molar-refractivity contribution >= 4 is 15.7 Å². The predicted octanol–water partition coefficient (Wildman–Crippen LogP) is 3.85. The van der Waals surface area contributed by atoms with Crippen LogP contribution in [0.1, 0.15) is 91.4 Å². The van der Waals surface area contributed by atoms with Crippen LogP contribution in [0.5, 0.6) is 0 Å². The summed E-state index contributed by atoms with van der Waals surface area (Å²) in [6, 6.07) is -0.462. The molecule has 0 radical (unpaired) electrons. The molecule has 0 fully saturated rings. The zero-order valence-corrected chi connectivity index (χ0v) is 17.7. The van der Waals surface area contributed by atoms with Crippen LogP contribution in [0.2, 0.25) is 0 Å². The minimum Gasteiger partial charge on any atom is -0.394 e. The first kappa shape index (κ1) is 26.6. The van der Waals surface area contributed by atoms with E-state index >= 15 is 0 Å². The Morgan fingerprint density at radius 2 is 1.44 bits per heavy atom. The lowest BCUT2D eigenvalue weighted by molar-refractivity contribution is -0.122. The minimum atomic E-state index is -3.06. The summed E-state index contributed by atoms with van der Waals surface area (Å²) in [5.74, 6) is -0.114. The van der Waals surface area contributed by atoms with Crippen LogP contribution in [0.3, 0.4) is 0 Å². The number of hydrogen-bond acceptors (Lipinski definition) is 4. The molecular weight excluding hydrogens is 338 g/mol. The van der Waals surface area contributed by atoms with E-state index in [1.165, 1.54) is 38.5 Å². The average molecular weight is 380 g/mol. The maximum atomic E-state index is 11.8. The molecule has 2 N–H and O–H groups in total. The van der Waals surface area contributed by atoms with E-state index in [9.17, 15) is 18.3 Å². The smallest absolute Gasteiger partial charge is 0.220 e. The van der Waals surface area contributed by atoms with E-state index in [1.807, 2.05) is 13.8 Å². The lowest BCUT2D eigenvalue weighted by Gasteiger charge is -2.15. The highest BCUT2D eigenvalue weighted by Crippen LogP contribution is 2.10. The monoisotopic (exact) mass is 379 g/mol. The lowest BCUT2D eigenvalue weighted by atomic mass is 10.1. The first-order valence-corrected chi connectivity index (χ1v) is 12.0. The van der Waals surface area contributed by atoms with Crippen molar-refractivity contribution in [2.24, 2.45) is 0 Å². The van der Waals surface area contributed by atoms with Crippen molar-refractivity contribution in [1.29, 1.82) is 0 Å². The number of carbonyl (C=O) groups is 1. The van der Waals surface area contributed by atoms with Gasteiger partial charge in [0.15, 0.2) is 0 Å². The van der Waals surface area contributed by atoms with Gasteiger partial charge in [-0.3, -0.25) is 4.79 Å². The van der Waals surface area contributed by atoms with E-state index in [4.69, 9.17) is 0 Å². The van der Waals surface area contributed by atoms with Crippen LogP contribution < -0.4 is 5.32 Å². The summed E-state index contributed by atoms with van der Waals surface area (Å²) in [6.45, 7) is 5.99. The van der Waals surface area contributed by atoms with Gasteiger partial charge in [0.05, 0.1) is 18.4 Å². The molecule has 0 saturated heterocycles. The molecule has 0 bridgehead atoms. The molecule has 0 aromatic heterocycles. The molecule has 1 atom stereocenters. The quantitative estimate of drug-likeness (QED) is 0.423. The van der Waals surface area contributed by atoms with Crippen LogP contribution in [-0.4, -0.2) is 44.1 Å². The van der Waals surface area contributed by atoms with E-state index in [0.29, 0.717) is 6.42 Å². The molecular formula is C19H41NO4S. The predicted molar refractivity (Wildman–Crippen MR) is 107 cm³/mol. The summed E-state index contributed by atoms with van der Waals surface area (Å²) < 4.78 is 22.2. The Morgan fingerprint density at radius 3 is 1.88 bits per heavy atom. The Balaban J connectivity index is 0. The summed E-state index contributed by atoms with van der Waals surface area (Å²) in [4.78, 5) is 11.8. The van der Waals surface area contributed by atoms with Crippen LogP contribution in [-0.2, 0) is 14.6 Å². The van der Waals surface area contributed by atoms with Crippen molar-refractivity contribution in [2.45, 2.75) is 97.4 Å². The molecule has 5 nitrogen and oxygen atoms in total. The number of aliphatic hydroxyl groups is 1. The van der Waals surface area contributed by atoms with E-state index in [0.717, 1.165) is 25.5 Å². The molecule has 0 heterocycles. The van der Waals surface area contributed by atoms with E-state index in [2.05, 4.69) is 12.2 Å². The zero-order chi connectivity index (χ0) is 19.6. The summed E-state index contributed by atoms with van der Waals surface area (Å²) in [7, 11) is -3.06. The number of nitrogens with one attached hydrogen (secondary N) is 1. The summed E-state index contributed by atoms with van der Waals surface area (Å²) >= 11 is 0. The number of hydrogen-bond donors (Lipinski definition) is 2. The van der Waals surface area contributed by atoms with Gasteiger partial charge in [0.25, 0.3) is 0 Å². The highest BCUT2D eigenvalue weighted by atomic mass is 32.2. The SMILES string of the molecule is CC.CCCCCCCCCCCC(=O)NC(CO)CCS(C)(=O)=O. The van der Waals surface area contributed by atoms with Crippen molar-refractivity contribution in [3.05, 3.63) is 0 Å². The van der Waals surface area contributed by atoms with Crippen molar-refractivity contribution in [1.82, 2.24) is 5.32 Å². The molecule has 0 aliphatic rings. The van der Waals surface area contributed by atoms with Gasteiger partial charge in [0.1, 0.15) is 9.84 Å². The van der Waals surface area contributed by atoms with Gasteiger partial charge in [-0.05, 0) is 12.8 Å². The molecule has 0 spiro atoms. The summed E-state index contributed by atoms with van der Waals surface area (Å²) in [5.41, 5.74) is 0. The van der Waals surface area contributed by atoms with Crippen LogP contribution >= 0.6 is 0 Å². The Labute approximate surface area is 155 Å². The Hall–Kier alpha value is -0.620. The fourth-order valence-corrected chi connectivity index (χ4v) is 3.17. The molecule has 0 aromatic rings. The number of aliphatic hydroxyl groups excluding tert-OH is 1. The van der Waals surface area contributed by atoms with E-state index in [1.54, 1.807) is 0 Å². The van der Waals surface area contributed by atoms with E-state index < -0.39 is 15.9 Å². The minimum absolute atomic E-state index is 0.0173. The standard InChI is InChI=1S/C17H35NO4S.C2H6/c1-3-4-5-6-7-8-9-10-11-12-17(20)18-16(15-19)13-14-23(2,21)22;1-2/h16,19H,3-15H2,1-2H3,(H,18,20);1-2H3. The van der Waals surface area contributed by atoms with Crippen LogP contribution in [0.25, 0.3) is 0 Å². The van der Waals surface area contributed by atoms with Gasteiger partial charge in [-0.2, -0.15) is 0 Å². The number of carbonyl (C=O) groups excluding carboxylic acids is 1. The molecule has 0 aliphatic heterocycles. The van der Waals surface area contributed by atoms with Gasteiger partial charge in [0.2, 0.25) is 5.91 Å². The topological polar surface area (TPSA) is 83.5 Å². The van der Waals surface area contributed by atoms with Gasteiger partial charge in [0, 0.05) is 12.7 Å². The highest BCUT2D eigenvalue weighted by molar-refractivity contribution is 7.90. The first-order valence-electron chi connectivity index (χ1n) is 9.97. The van der Waals surface area contributed by atoms with Crippen LogP contribution in [0.15, 0.2) is 0 Å². The van der Waals surface area contributed by atoms with E-state index in [-0.39, 0.29) is 24.7 Å². The second-order valence-corrected chi connectivity index (χ2v) is 8.70. The Morgan fingerprint density at radius 1 is 0.960 bits per heavy atom. The summed E-state index contributed by atoms with van der Waals surface area (Å²) in [6.07, 6.45) is 12.7. The molecule has 1 amide bonds. The zero-order valence-electron chi connectivity index (χ0n) is 16.8. The molecule has 0 aliphatic carbocycles. The van der Waals surface area contributed by atoms with Crippen LogP contribution in [0.4, 0.5) is 0 Å². The molecule has 0 rings (SSSR count). The molecule has 6 heteroatoms. The Kier molecular flexibility index (Phi) is 19.3. The third-order valence-electron chi connectivity index (χ3n) is 3.93. The second-order valence-electron chi connectivity index (χ2n) is 6.44. The molecule has 25 heavy (non-hydrogen) atoms. The largest absolute Gasteiger partial charge is 0.394 e. The van der Waals surface area contributed by atoms with Gasteiger partial charge in [-0.15, -0.1) is 0 Å². The van der Waals surface area contributed by atoms with Crippen molar-refractivity contribution in [3.63, 3.8) is 0 Å². The van der Waals surface area contributed by atoms with Gasteiger partial charge < -0.3 is 10.4 Å². The maximum absolute atomic E-state index is 11.8. The molecule has 1 unspecified atom stereocenters. The third-order valence-corrected chi connectivity index (χ3v) is 4.91. The van der Waals surface area contributed by atoms with Gasteiger partial charge >= 0.3 is 0 Å². The van der Waals surface area contributed by atoms with Crippen molar-refractivity contribution < 1.29 is 18.3 Å². The lowest BCUT2D eigenvalue weighted by Crippen LogP contribution is -2.38. The van der Waals surface area contributed by atoms with Crippen LogP contribution in [0, 0.1) is 0 Å². The highest BCUT2D eigenvalue weighted by Gasteiger charge is 2.13. The number of rotatable bonds is 15. The van der Waals surface area contributed by atoms with Crippen molar-refractivity contribution in [2.75, 3.05) is 18.6 Å². The number of amides is 1. The van der Waals surface area contributed by atoms with Gasteiger partial charge in [-0.1, -0.05) is 72.1 Å². The van der Waals surface area contributed by atoms with Gasteiger partial charge in [-0.25, -0.2) is 8.42 Å². The second kappa shape index (κ2) is 18.2. The maximum Gasteiger partial charge on any atom is 0.220 e. The fourth-order valence-electron chi connectivity index (χ4n) is 2.46. The molecule has 0 saturated carbocycles. The summed E-state index contributed by atoms with van der Waals surface area (Å²) in [5, 5.41) is 11.9. The fraction of sp³-hybridized carbons (Fsp3) is 0.947. The number of unbranched alkanes of at least 4 members (excludes halogenated alkanes) is 8. The molecule has 152 valence electrons. The number of sulfone groups is 1. The normalized spacial score (nSPS) is 12.2.